The number of carbonyl (C=O) groups excluding carboxylic acids is 1. The van der Waals surface area contributed by atoms with Gasteiger partial charge in [0.2, 0.25) is 0 Å². The average molecular weight is 233 g/mol. The van der Waals surface area contributed by atoms with Crippen LogP contribution >= 0.6 is 0 Å². The molecule has 0 atom stereocenters. The van der Waals surface area contributed by atoms with Crippen molar-refractivity contribution in [3.63, 3.8) is 0 Å². The molecule has 5 heteroatoms. The molecule has 17 heavy (non-hydrogen) atoms. The Kier molecular flexibility index (Phi) is 2.93. The summed E-state index contributed by atoms with van der Waals surface area (Å²) in [4.78, 5) is 22.9. The predicted molar refractivity (Wildman–Crippen MR) is 62.4 cm³/mol. The van der Waals surface area contributed by atoms with Crippen molar-refractivity contribution >= 4 is 16.8 Å². The summed E-state index contributed by atoms with van der Waals surface area (Å²) in [6, 6.07) is 6.45. The molecule has 1 aromatic carbocycles. The van der Waals surface area contributed by atoms with Crippen LogP contribution in [0.5, 0.6) is 5.75 Å². The van der Waals surface area contributed by atoms with Crippen molar-refractivity contribution in [1.82, 2.24) is 0 Å². The van der Waals surface area contributed by atoms with Crippen LogP contribution in [0.3, 0.4) is 0 Å². The molecular formula is C12H11NO4. The highest BCUT2D eigenvalue weighted by Gasteiger charge is 2.12. The minimum Gasteiger partial charge on any atom is -0.497 e. The maximum atomic E-state index is 11.5. The van der Waals surface area contributed by atoms with Crippen LogP contribution in [0, 0.1) is 0 Å². The van der Waals surface area contributed by atoms with Gasteiger partial charge in [-0.15, -0.1) is 0 Å². The van der Waals surface area contributed by atoms with E-state index in [-0.39, 0.29) is 12.1 Å². The lowest BCUT2D eigenvalue weighted by Crippen LogP contribution is -2.21. The Bertz CT molecular complexity index is 630. The fourth-order valence-electron chi connectivity index (χ4n) is 1.53. The Morgan fingerprint density at radius 1 is 1.41 bits per heavy atom. The van der Waals surface area contributed by atoms with Gasteiger partial charge in [0.25, 0.3) is 0 Å². The number of nitrogens with two attached hydrogens (primary N) is 1. The molecule has 0 bridgehead atoms. The van der Waals surface area contributed by atoms with Gasteiger partial charge in [-0.05, 0) is 24.3 Å². The van der Waals surface area contributed by atoms with Gasteiger partial charge in [0, 0.05) is 5.39 Å². The third kappa shape index (κ3) is 2.05. The van der Waals surface area contributed by atoms with Crippen molar-refractivity contribution in [1.29, 1.82) is 0 Å². The van der Waals surface area contributed by atoms with E-state index in [0.717, 1.165) is 0 Å². The molecule has 0 spiro atoms. The van der Waals surface area contributed by atoms with Crippen LogP contribution in [0.1, 0.15) is 10.4 Å². The number of fused-ring (bicyclic) bond motifs is 1. The minimum atomic E-state index is -0.668. The van der Waals surface area contributed by atoms with Gasteiger partial charge in [-0.25, -0.2) is 4.79 Å². The molecule has 0 amide bonds. The normalized spacial score (nSPS) is 10.5. The second-order valence-electron chi connectivity index (χ2n) is 3.48. The molecule has 1 heterocycles. The molecule has 0 saturated carbocycles. The Labute approximate surface area is 96.8 Å². The zero-order valence-electron chi connectivity index (χ0n) is 9.23. The fourth-order valence-corrected chi connectivity index (χ4v) is 1.53. The summed E-state index contributed by atoms with van der Waals surface area (Å²) in [5, 5.41) is 0.626. The number of Topliss-reactive ketones (excluding diaryl/α,β-unsaturated/α-hetero) is 1. The van der Waals surface area contributed by atoms with Gasteiger partial charge >= 0.3 is 5.63 Å². The molecule has 2 aromatic rings. The molecule has 0 aliphatic rings. The quantitative estimate of drug-likeness (QED) is 0.630. The van der Waals surface area contributed by atoms with Gasteiger partial charge in [-0.2, -0.15) is 0 Å². The highest BCUT2D eigenvalue weighted by molar-refractivity contribution is 5.99. The lowest BCUT2D eigenvalue weighted by molar-refractivity contribution is 0.0998. The number of carbonyl (C=O) groups is 1. The number of ether oxygens (including phenoxy) is 1. The van der Waals surface area contributed by atoms with Crippen LogP contribution in [0.2, 0.25) is 0 Å². The van der Waals surface area contributed by atoms with Gasteiger partial charge in [0.05, 0.1) is 13.7 Å². The topological polar surface area (TPSA) is 82.5 Å². The van der Waals surface area contributed by atoms with E-state index < -0.39 is 11.4 Å². The van der Waals surface area contributed by atoms with Crippen molar-refractivity contribution in [3.8, 4) is 5.75 Å². The van der Waals surface area contributed by atoms with Crippen molar-refractivity contribution in [2.45, 2.75) is 0 Å². The first-order chi connectivity index (χ1) is 8.15. The zero-order valence-corrected chi connectivity index (χ0v) is 9.23. The van der Waals surface area contributed by atoms with Crippen molar-refractivity contribution in [3.05, 3.63) is 40.2 Å². The monoisotopic (exact) mass is 233 g/mol. The molecule has 0 fully saturated rings. The van der Waals surface area contributed by atoms with E-state index in [1.165, 1.54) is 13.2 Å². The molecule has 0 aliphatic carbocycles. The number of benzene rings is 1. The molecular weight excluding hydrogens is 222 g/mol. The summed E-state index contributed by atoms with van der Waals surface area (Å²) in [7, 11) is 1.53. The summed E-state index contributed by atoms with van der Waals surface area (Å²) in [6.45, 7) is -0.222. The fraction of sp³-hybridized carbons (Fsp3) is 0.167. The van der Waals surface area contributed by atoms with E-state index >= 15 is 0 Å². The lowest BCUT2D eigenvalue weighted by Gasteiger charge is -2.03. The van der Waals surface area contributed by atoms with E-state index in [0.29, 0.717) is 16.7 Å². The SMILES string of the molecule is COc1ccc2oc(=O)c(C(=O)CN)cc2c1. The largest absolute Gasteiger partial charge is 0.497 e. The first kappa shape index (κ1) is 11.3. The number of hydrogen-bond donors (Lipinski definition) is 1. The smallest absolute Gasteiger partial charge is 0.347 e. The first-order valence-corrected chi connectivity index (χ1v) is 5.01. The van der Waals surface area contributed by atoms with Gasteiger partial charge in [-0.3, -0.25) is 4.79 Å². The predicted octanol–water partition coefficient (Wildman–Crippen LogP) is 0.943. The zero-order chi connectivity index (χ0) is 12.4. The molecule has 0 aliphatic heterocycles. The average Bonchev–Trinajstić information content (AvgIpc) is 2.36. The molecule has 2 rings (SSSR count). The molecule has 0 unspecified atom stereocenters. The maximum absolute atomic E-state index is 11.5. The summed E-state index contributed by atoms with van der Waals surface area (Å²) in [6.07, 6.45) is 0. The third-order valence-corrected chi connectivity index (χ3v) is 2.43. The van der Waals surface area contributed by atoms with Crippen molar-refractivity contribution in [2.75, 3.05) is 13.7 Å². The highest BCUT2D eigenvalue weighted by Crippen LogP contribution is 2.20. The van der Waals surface area contributed by atoms with E-state index in [1.807, 2.05) is 0 Å². The van der Waals surface area contributed by atoms with Crippen LogP contribution in [0.15, 0.2) is 33.5 Å². The first-order valence-electron chi connectivity index (χ1n) is 5.01. The summed E-state index contributed by atoms with van der Waals surface area (Å²) < 4.78 is 10.1. The highest BCUT2D eigenvalue weighted by atomic mass is 16.5. The Balaban J connectivity index is 2.68. The molecule has 2 N–H and O–H groups in total. The lowest BCUT2D eigenvalue weighted by atomic mass is 10.1. The van der Waals surface area contributed by atoms with Gasteiger partial charge in [0.1, 0.15) is 16.9 Å². The van der Waals surface area contributed by atoms with Crippen LogP contribution in [0.4, 0.5) is 0 Å². The number of ketones is 1. The Morgan fingerprint density at radius 3 is 2.82 bits per heavy atom. The van der Waals surface area contributed by atoms with E-state index in [9.17, 15) is 9.59 Å². The summed E-state index contributed by atoms with van der Waals surface area (Å²) in [5.41, 5.74) is 4.92. The molecule has 5 nitrogen and oxygen atoms in total. The van der Waals surface area contributed by atoms with Gasteiger partial charge in [-0.1, -0.05) is 0 Å². The molecule has 0 radical (unpaired) electrons. The number of hydrogen-bond acceptors (Lipinski definition) is 5. The van der Waals surface area contributed by atoms with E-state index in [4.69, 9.17) is 14.9 Å². The van der Waals surface area contributed by atoms with Gasteiger partial charge in [0.15, 0.2) is 5.78 Å². The minimum absolute atomic E-state index is 0.0340. The van der Waals surface area contributed by atoms with Crippen LogP contribution in [0.25, 0.3) is 11.0 Å². The van der Waals surface area contributed by atoms with Crippen molar-refractivity contribution in [2.24, 2.45) is 5.73 Å². The second kappa shape index (κ2) is 4.39. The Hall–Kier alpha value is -2.14. The Morgan fingerprint density at radius 2 is 2.18 bits per heavy atom. The van der Waals surface area contributed by atoms with Crippen LogP contribution in [-0.2, 0) is 0 Å². The van der Waals surface area contributed by atoms with E-state index in [1.54, 1.807) is 18.2 Å². The standard InChI is InChI=1S/C12H11NO4/c1-16-8-2-3-11-7(4-8)5-9(10(14)6-13)12(15)17-11/h2-5H,6,13H2,1H3. The second-order valence-corrected chi connectivity index (χ2v) is 3.48. The molecule has 88 valence electrons. The number of rotatable bonds is 3. The van der Waals surface area contributed by atoms with E-state index in [2.05, 4.69) is 0 Å². The third-order valence-electron chi connectivity index (χ3n) is 2.43. The van der Waals surface area contributed by atoms with Gasteiger partial charge < -0.3 is 14.9 Å². The van der Waals surface area contributed by atoms with Crippen LogP contribution < -0.4 is 16.1 Å². The molecule has 0 saturated heterocycles. The summed E-state index contributed by atoms with van der Waals surface area (Å²) >= 11 is 0. The maximum Gasteiger partial charge on any atom is 0.347 e. The number of methoxy groups -OCH3 is 1. The summed E-state index contributed by atoms with van der Waals surface area (Å²) in [5.74, 6) is 0.181. The molecule has 1 aromatic heterocycles. The van der Waals surface area contributed by atoms with Crippen molar-refractivity contribution < 1.29 is 13.9 Å². The van der Waals surface area contributed by atoms with Crippen LogP contribution in [-0.4, -0.2) is 19.4 Å².